The highest BCUT2D eigenvalue weighted by Gasteiger charge is 2.22. The van der Waals surface area contributed by atoms with Crippen LogP contribution in [0.4, 0.5) is 5.82 Å². The average Bonchev–Trinajstić information content (AvgIpc) is 2.20. The summed E-state index contributed by atoms with van der Waals surface area (Å²) in [4.78, 5) is 4.34. The molecule has 1 N–H and O–H groups in total. The van der Waals surface area contributed by atoms with Crippen LogP contribution in [0.1, 0.15) is 33.3 Å². The molecule has 0 fully saturated rings. The van der Waals surface area contributed by atoms with Gasteiger partial charge < -0.3 is 5.32 Å². The summed E-state index contributed by atoms with van der Waals surface area (Å²) in [6.07, 6.45) is 1.84. The number of halogens is 1. The molecule has 0 aliphatic carbocycles. The first-order valence-corrected chi connectivity index (χ1v) is 6.49. The SMILES string of the molecule is Cc1ccnc(NCC(C)(C)C(C)C)c1Br. The largest absolute Gasteiger partial charge is 0.369 e. The Morgan fingerprint density at radius 1 is 1.44 bits per heavy atom. The molecule has 0 saturated heterocycles. The van der Waals surface area contributed by atoms with Crippen LogP contribution in [-0.4, -0.2) is 11.5 Å². The third kappa shape index (κ3) is 3.21. The van der Waals surface area contributed by atoms with Crippen LogP contribution in [0.15, 0.2) is 16.7 Å². The maximum absolute atomic E-state index is 4.34. The minimum Gasteiger partial charge on any atom is -0.369 e. The number of nitrogens with one attached hydrogen (secondary N) is 1. The summed E-state index contributed by atoms with van der Waals surface area (Å²) in [5, 5.41) is 3.42. The fourth-order valence-corrected chi connectivity index (χ4v) is 1.55. The van der Waals surface area contributed by atoms with Gasteiger partial charge in [-0.15, -0.1) is 0 Å². The number of hydrogen-bond donors (Lipinski definition) is 1. The van der Waals surface area contributed by atoms with Crippen molar-refractivity contribution in [1.29, 1.82) is 0 Å². The monoisotopic (exact) mass is 284 g/mol. The van der Waals surface area contributed by atoms with Gasteiger partial charge in [0.1, 0.15) is 5.82 Å². The van der Waals surface area contributed by atoms with Gasteiger partial charge in [0, 0.05) is 12.7 Å². The number of nitrogens with zero attached hydrogens (tertiary/aromatic N) is 1. The summed E-state index contributed by atoms with van der Waals surface area (Å²) in [7, 11) is 0. The van der Waals surface area contributed by atoms with Gasteiger partial charge in [-0.25, -0.2) is 4.98 Å². The molecule has 16 heavy (non-hydrogen) atoms. The Morgan fingerprint density at radius 2 is 2.06 bits per heavy atom. The fourth-order valence-electron chi connectivity index (χ4n) is 1.18. The third-order valence-corrected chi connectivity index (χ3v) is 4.36. The molecule has 0 atom stereocenters. The van der Waals surface area contributed by atoms with Crippen molar-refractivity contribution >= 4 is 21.7 Å². The second kappa shape index (κ2) is 5.17. The van der Waals surface area contributed by atoms with Crippen molar-refractivity contribution in [2.45, 2.75) is 34.6 Å². The van der Waals surface area contributed by atoms with E-state index in [1.54, 1.807) is 0 Å². The molecule has 0 aliphatic heterocycles. The average molecular weight is 285 g/mol. The van der Waals surface area contributed by atoms with Crippen molar-refractivity contribution in [2.24, 2.45) is 11.3 Å². The molecular formula is C13H21BrN2. The Kier molecular flexibility index (Phi) is 4.36. The second-order valence-electron chi connectivity index (χ2n) is 5.29. The van der Waals surface area contributed by atoms with E-state index in [-0.39, 0.29) is 5.41 Å². The Morgan fingerprint density at radius 3 is 2.62 bits per heavy atom. The number of hydrogen-bond acceptors (Lipinski definition) is 2. The standard InChI is InChI=1S/C13H21BrN2/c1-9(2)13(4,5)8-16-12-11(14)10(3)6-7-15-12/h6-7,9H,8H2,1-5H3,(H,15,16). The molecule has 0 amide bonds. The van der Waals surface area contributed by atoms with Gasteiger partial charge in [0.05, 0.1) is 4.47 Å². The first-order chi connectivity index (χ1) is 7.34. The van der Waals surface area contributed by atoms with Crippen molar-refractivity contribution in [3.8, 4) is 0 Å². The molecule has 1 heterocycles. The zero-order valence-corrected chi connectivity index (χ0v) is 12.4. The van der Waals surface area contributed by atoms with Crippen LogP contribution in [0.25, 0.3) is 0 Å². The number of anilines is 1. The topological polar surface area (TPSA) is 24.9 Å². The highest BCUT2D eigenvalue weighted by Crippen LogP contribution is 2.28. The molecule has 0 saturated carbocycles. The minimum atomic E-state index is 0.269. The van der Waals surface area contributed by atoms with E-state index in [4.69, 9.17) is 0 Å². The van der Waals surface area contributed by atoms with Crippen molar-refractivity contribution in [3.05, 3.63) is 22.3 Å². The van der Waals surface area contributed by atoms with Crippen LogP contribution >= 0.6 is 15.9 Å². The van der Waals surface area contributed by atoms with E-state index in [2.05, 4.69) is 60.8 Å². The van der Waals surface area contributed by atoms with E-state index < -0.39 is 0 Å². The lowest BCUT2D eigenvalue weighted by Gasteiger charge is -2.29. The van der Waals surface area contributed by atoms with Gasteiger partial charge in [-0.1, -0.05) is 27.7 Å². The Bertz CT molecular complexity index is 359. The lowest BCUT2D eigenvalue weighted by atomic mass is 9.81. The summed E-state index contributed by atoms with van der Waals surface area (Å²) in [5.41, 5.74) is 1.48. The summed E-state index contributed by atoms with van der Waals surface area (Å²) < 4.78 is 1.06. The molecule has 0 aliphatic rings. The predicted molar refractivity (Wildman–Crippen MR) is 73.8 cm³/mol. The van der Waals surface area contributed by atoms with Crippen LogP contribution in [0.3, 0.4) is 0 Å². The van der Waals surface area contributed by atoms with Gasteiger partial charge in [0.15, 0.2) is 0 Å². The van der Waals surface area contributed by atoms with Gasteiger partial charge in [0.2, 0.25) is 0 Å². The van der Waals surface area contributed by atoms with E-state index in [0.29, 0.717) is 5.92 Å². The van der Waals surface area contributed by atoms with Crippen LogP contribution in [-0.2, 0) is 0 Å². The van der Waals surface area contributed by atoms with Crippen molar-refractivity contribution in [2.75, 3.05) is 11.9 Å². The van der Waals surface area contributed by atoms with E-state index in [0.717, 1.165) is 16.8 Å². The smallest absolute Gasteiger partial charge is 0.140 e. The first kappa shape index (κ1) is 13.5. The molecule has 0 bridgehead atoms. The number of aromatic nitrogens is 1. The number of rotatable bonds is 4. The molecular weight excluding hydrogens is 264 g/mol. The van der Waals surface area contributed by atoms with Gasteiger partial charge in [0.25, 0.3) is 0 Å². The fraction of sp³-hybridized carbons (Fsp3) is 0.615. The maximum atomic E-state index is 4.34. The molecule has 0 unspecified atom stereocenters. The van der Waals surface area contributed by atoms with Crippen molar-refractivity contribution in [1.82, 2.24) is 4.98 Å². The first-order valence-electron chi connectivity index (χ1n) is 5.69. The van der Waals surface area contributed by atoms with E-state index >= 15 is 0 Å². The zero-order chi connectivity index (χ0) is 12.3. The van der Waals surface area contributed by atoms with E-state index in [9.17, 15) is 0 Å². The van der Waals surface area contributed by atoms with Gasteiger partial charge in [-0.05, 0) is 45.8 Å². The van der Waals surface area contributed by atoms with Gasteiger partial charge in [-0.2, -0.15) is 0 Å². The molecule has 1 aromatic heterocycles. The maximum Gasteiger partial charge on any atom is 0.140 e. The summed E-state index contributed by atoms with van der Waals surface area (Å²) in [6.45, 7) is 12.0. The van der Waals surface area contributed by atoms with Crippen LogP contribution in [0.2, 0.25) is 0 Å². The molecule has 0 aromatic carbocycles. The Labute approximate surface area is 107 Å². The van der Waals surface area contributed by atoms with Gasteiger partial charge >= 0.3 is 0 Å². The van der Waals surface area contributed by atoms with Crippen LogP contribution < -0.4 is 5.32 Å². The zero-order valence-electron chi connectivity index (χ0n) is 10.8. The molecule has 90 valence electrons. The minimum absolute atomic E-state index is 0.269. The normalized spacial score (nSPS) is 11.9. The van der Waals surface area contributed by atoms with Crippen LogP contribution in [0, 0.1) is 18.3 Å². The highest BCUT2D eigenvalue weighted by molar-refractivity contribution is 9.10. The molecule has 2 nitrogen and oxygen atoms in total. The predicted octanol–water partition coefficient (Wildman–Crippen LogP) is 4.25. The summed E-state index contributed by atoms with van der Waals surface area (Å²) in [5.74, 6) is 1.58. The highest BCUT2D eigenvalue weighted by atomic mass is 79.9. The molecule has 3 heteroatoms. The third-order valence-electron chi connectivity index (χ3n) is 3.36. The number of aryl methyl sites for hydroxylation is 1. The molecule has 0 spiro atoms. The lowest BCUT2D eigenvalue weighted by Crippen LogP contribution is -2.28. The van der Waals surface area contributed by atoms with Gasteiger partial charge in [-0.3, -0.25) is 0 Å². The number of pyridine rings is 1. The Balaban J connectivity index is 2.72. The lowest BCUT2D eigenvalue weighted by molar-refractivity contribution is 0.269. The summed E-state index contributed by atoms with van der Waals surface area (Å²) in [6, 6.07) is 2.00. The van der Waals surface area contributed by atoms with Crippen LogP contribution in [0.5, 0.6) is 0 Å². The Hall–Kier alpha value is -0.570. The van der Waals surface area contributed by atoms with E-state index in [1.165, 1.54) is 5.56 Å². The molecule has 1 aromatic rings. The molecule has 1 rings (SSSR count). The quantitative estimate of drug-likeness (QED) is 0.894. The second-order valence-corrected chi connectivity index (χ2v) is 6.08. The van der Waals surface area contributed by atoms with E-state index in [1.807, 2.05) is 12.3 Å². The van der Waals surface area contributed by atoms with Crippen molar-refractivity contribution < 1.29 is 0 Å². The molecule has 0 radical (unpaired) electrons. The van der Waals surface area contributed by atoms with Crippen molar-refractivity contribution in [3.63, 3.8) is 0 Å². The summed E-state index contributed by atoms with van der Waals surface area (Å²) >= 11 is 3.56.